The normalized spacial score (nSPS) is 18.5. The van der Waals surface area contributed by atoms with Crippen molar-refractivity contribution in [2.75, 3.05) is 39.5 Å². The van der Waals surface area contributed by atoms with Crippen LogP contribution in [-0.2, 0) is 14.3 Å². The topological polar surface area (TPSA) is 38.8 Å². The quantitative estimate of drug-likeness (QED) is 0.552. The minimum Gasteiger partial charge on any atom is -0.461 e. The number of rotatable bonds is 4. The predicted octanol–water partition coefficient (Wildman–Crippen LogP) is 1.46. The first-order valence-corrected chi connectivity index (χ1v) is 6.12. The minimum atomic E-state index is -0.419. The Kier molecular flexibility index (Phi) is 5.65. The van der Waals surface area contributed by atoms with E-state index in [1.807, 2.05) is 32.9 Å². The van der Waals surface area contributed by atoms with Crippen LogP contribution in [0.5, 0.6) is 0 Å². The highest BCUT2D eigenvalue weighted by atomic mass is 16.5. The maximum atomic E-state index is 11.4. The molecule has 1 heterocycles. The summed E-state index contributed by atoms with van der Waals surface area (Å²) in [7, 11) is 0. The molecule has 0 spiro atoms. The first-order valence-electron chi connectivity index (χ1n) is 6.12. The molecule has 0 aromatic heterocycles. The molecule has 0 N–H and O–H groups in total. The Hall–Kier alpha value is -0.870. The molecule has 4 nitrogen and oxygen atoms in total. The summed E-state index contributed by atoms with van der Waals surface area (Å²) in [5.74, 6) is -0.159. The maximum Gasteiger partial charge on any atom is 0.311 e. The van der Waals surface area contributed by atoms with Crippen molar-refractivity contribution in [1.82, 2.24) is 4.90 Å². The van der Waals surface area contributed by atoms with Crippen molar-refractivity contribution >= 4 is 5.97 Å². The first kappa shape index (κ1) is 14.2. The van der Waals surface area contributed by atoms with Gasteiger partial charge in [-0.1, -0.05) is 6.08 Å². The fraction of sp³-hybridized carbons (Fsp3) is 0.769. The van der Waals surface area contributed by atoms with Gasteiger partial charge in [-0.25, -0.2) is 0 Å². The van der Waals surface area contributed by atoms with Gasteiger partial charge in [0.25, 0.3) is 0 Å². The second kappa shape index (κ2) is 6.77. The van der Waals surface area contributed by atoms with E-state index in [2.05, 4.69) is 4.90 Å². The van der Waals surface area contributed by atoms with Gasteiger partial charge in [0, 0.05) is 19.6 Å². The molecule has 1 fully saturated rings. The highest BCUT2D eigenvalue weighted by Crippen LogP contribution is 2.14. The van der Waals surface area contributed by atoms with Crippen molar-refractivity contribution in [1.29, 1.82) is 0 Å². The lowest BCUT2D eigenvalue weighted by Crippen LogP contribution is -2.36. The Bertz CT molecular complexity index is 262. The summed E-state index contributed by atoms with van der Waals surface area (Å²) in [6.07, 6.45) is 3.94. The molecule has 0 bridgehead atoms. The predicted molar refractivity (Wildman–Crippen MR) is 66.8 cm³/mol. The van der Waals surface area contributed by atoms with E-state index in [4.69, 9.17) is 9.47 Å². The van der Waals surface area contributed by atoms with Crippen molar-refractivity contribution in [2.45, 2.75) is 20.8 Å². The fourth-order valence-electron chi connectivity index (χ4n) is 1.42. The van der Waals surface area contributed by atoms with Crippen LogP contribution in [0.2, 0.25) is 0 Å². The molecule has 0 aliphatic carbocycles. The molecule has 1 rings (SSSR count). The molecule has 0 radical (unpaired) electrons. The van der Waals surface area contributed by atoms with E-state index in [0.717, 1.165) is 32.8 Å². The average Bonchev–Trinajstić information content (AvgIpc) is 2.28. The number of hydrogen-bond donors (Lipinski definition) is 0. The molecule has 0 aromatic rings. The summed E-state index contributed by atoms with van der Waals surface area (Å²) in [5.41, 5.74) is -0.419. The van der Waals surface area contributed by atoms with Gasteiger partial charge in [0.05, 0.1) is 18.6 Å². The largest absolute Gasteiger partial charge is 0.461 e. The lowest BCUT2D eigenvalue weighted by molar-refractivity contribution is -0.151. The van der Waals surface area contributed by atoms with Crippen LogP contribution in [0.25, 0.3) is 0 Å². The monoisotopic (exact) mass is 241 g/mol. The van der Waals surface area contributed by atoms with E-state index in [-0.39, 0.29) is 5.97 Å². The number of ether oxygens (including phenoxy) is 2. The lowest BCUT2D eigenvalue weighted by Gasteiger charge is -2.25. The Morgan fingerprint density at radius 3 is 2.53 bits per heavy atom. The number of hydrogen-bond acceptors (Lipinski definition) is 4. The zero-order chi connectivity index (χ0) is 12.7. The SMILES string of the molecule is CC(C)(C)C(=O)OC/C=C/CN1CCOCC1. The Labute approximate surface area is 104 Å². The summed E-state index contributed by atoms with van der Waals surface area (Å²) in [6.45, 7) is 10.4. The minimum absolute atomic E-state index is 0.159. The third kappa shape index (κ3) is 5.84. The van der Waals surface area contributed by atoms with E-state index in [1.54, 1.807) is 0 Å². The first-order chi connectivity index (χ1) is 8.00. The number of morpholine rings is 1. The average molecular weight is 241 g/mol. The van der Waals surface area contributed by atoms with Gasteiger partial charge >= 0.3 is 5.97 Å². The number of nitrogens with zero attached hydrogens (tertiary/aromatic N) is 1. The molecule has 1 aliphatic heterocycles. The van der Waals surface area contributed by atoms with Gasteiger partial charge in [-0.15, -0.1) is 0 Å². The summed E-state index contributed by atoms with van der Waals surface area (Å²) in [5, 5.41) is 0. The van der Waals surface area contributed by atoms with Crippen molar-refractivity contribution < 1.29 is 14.3 Å². The van der Waals surface area contributed by atoms with E-state index >= 15 is 0 Å². The van der Waals surface area contributed by atoms with Crippen LogP contribution >= 0.6 is 0 Å². The smallest absolute Gasteiger partial charge is 0.311 e. The van der Waals surface area contributed by atoms with Gasteiger partial charge in [-0.2, -0.15) is 0 Å². The number of carbonyl (C=O) groups excluding carboxylic acids is 1. The molecule has 4 heteroatoms. The molecule has 0 atom stereocenters. The van der Waals surface area contributed by atoms with Crippen LogP contribution in [0.3, 0.4) is 0 Å². The van der Waals surface area contributed by atoms with Crippen LogP contribution in [-0.4, -0.2) is 50.3 Å². The standard InChI is InChI=1S/C13H23NO3/c1-13(2,3)12(15)17-9-5-4-6-14-7-10-16-11-8-14/h4-5H,6-11H2,1-3H3/b5-4+. The van der Waals surface area contributed by atoms with Crippen LogP contribution in [0.4, 0.5) is 0 Å². The zero-order valence-electron chi connectivity index (χ0n) is 11.1. The molecular formula is C13H23NO3. The summed E-state index contributed by atoms with van der Waals surface area (Å²) < 4.78 is 10.4. The van der Waals surface area contributed by atoms with Gasteiger partial charge in [0.2, 0.25) is 0 Å². The summed E-state index contributed by atoms with van der Waals surface area (Å²) in [6, 6.07) is 0. The third-order valence-electron chi connectivity index (χ3n) is 2.56. The third-order valence-corrected chi connectivity index (χ3v) is 2.56. The van der Waals surface area contributed by atoms with E-state index in [9.17, 15) is 4.79 Å². The molecular weight excluding hydrogens is 218 g/mol. The van der Waals surface area contributed by atoms with Crippen LogP contribution < -0.4 is 0 Å². The van der Waals surface area contributed by atoms with Gasteiger partial charge < -0.3 is 9.47 Å². The molecule has 98 valence electrons. The van der Waals surface area contributed by atoms with Crippen LogP contribution in [0.1, 0.15) is 20.8 Å². The number of carbonyl (C=O) groups is 1. The van der Waals surface area contributed by atoms with Gasteiger partial charge in [-0.3, -0.25) is 9.69 Å². The maximum absolute atomic E-state index is 11.4. The molecule has 17 heavy (non-hydrogen) atoms. The lowest BCUT2D eigenvalue weighted by atomic mass is 9.97. The summed E-state index contributed by atoms with van der Waals surface area (Å²) >= 11 is 0. The van der Waals surface area contributed by atoms with Crippen LogP contribution in [0, 0.1) is 5.41 Å². The molecule has 0 aromatic carbocycles. The second-order valence-electron chi connectivity index (χ2n) is 5.23. The zero-order valence-corrected chi connectivity index (χ0v) is 11.1. The Morgan fingerprint density at radius 1 is 1.29 bits per heavy atom. The second-order valence-corrected chi connectivity index (χ2v) is 5.23. The molecule has 0 amide bonds. The molecule has 1 saturated heterocycles. The molecule has 0 unspecified atom stereocenters. The highest BCUT2D eigenvalue weighted by molar-refractivity contribution is 5.75. The van der Waals surface area contributed by atoms with E-state index in [1.165, 1.54) is 0 Å². The molecule has 0 saturated carbocycles. The van der Waals surface area contributed by atoms with Crippen molar-refractivity contribution in [3.05, 3.63) is 12.2 Å². The van der Waals surface area contributed by atoms with Gasteiger partial charge in [-0.05, 0) is 26.8 Å². The van der Waals surface area contributed by atoms with E-state index in [0.29, 0.717) is 6.61 Å². The number of esters is 1. The van der Waals surface area contributed by atoms with Gasteiger partial charge in [0.1, 0.15) is 6.61 Å². The fourth-order valence-corrected chi connectivity index (χ4v) is 1.42. The van der Waals surface area contributed by atoms with Gasteiger partial charge in [0.15, 0.2) is 0 Å². The van der Waals surface area contributed by atoms with Crippen molar-refractivity contribution in [2.24, 2.45) is 5.41 Å². The van der Waals surface area contributed by atoms with E-state index < -0.39 is 5.41 Å². The summed E-state index contributed by atoms with van der Waals surface area (Å²) in [4.78, 5) is 13.8. The Balaban J connectivity index is 2.11. The molecule has 1 aliphatic rings. The van der Waals surface area contributed by atoms with Crippen LogP contribution in [0.15, 0.2) is 12.2 Å². The van der Waals surface area contributed by atoms with Crippen molar-refractivity contribution in [3.8, 4) is 0 Å². The highest BCUT2D eigenvalue weighted by Gasteiger charge is 2.22. The van der Waals surface area contributed by atoms with Crippen molar-refractivity contribution in [3.63, 3.8) is 0 Å². The Morgan fingerprint density at radius 2 is 1.94 bits per heavy atom.